The molecule has 2 aliphatic rings. The summed E-state index contributed by atoms with van der Waals surface area (Å²) in [5, 5.41) is 9.08. The predicted molar refractivity (Wildman–Crippen MR) is 163 cm³/mol. The largest absolute Gasteiger partial charge is 0.479 e. The first-order chi connectivity index (χ1) is 21.2. The third-order valence-electron chi connectivity index (χ3n) is 6.74. The molecule has 4 aromatic rings. The lowest BCUT2D eigenvalue weighted by Crippen LogP contribution is -2.40. The van der Waals surface area contributed by atoms with Gasteiger partial charge in [0.25, 0.3) is 5.56 Å². The summed E-state index contributed by atoms with van der Waals surface area (Å²) in [5.41, 5.74) is 1.91. The van der Waals surface area contributed by atoms with E-state index in [0.29, 0.717) is 43.2 Å². The highest BCUT2D eigenvalue weighted by Crippen LogP contribution is 2.40. The van der Waals surface area contributed by atoms with Crippen LogP contribution in [0, 0.1) is 0 Å². The first-order valence-electron chi connectivity index (χ1n) is 13.3. The third-order valence-corrected chi connectivity index (χ3v) is 8.29. The van der Waals surface area contributed by atoms with Gasteiger partial charge in [-0.3, -0.25) is 9.36 Å². The van der Waals surface area contributed by atoms with E-state index in [4.69, 9.17) is 52.2 Å². The molecule has 0 spiro atoms. The fraction of sp³-hybridized carbons (Fsp3) is 0.161. The van der Waals surface area contributed by atoms with Crippen molar-refractivity contribution in [2.24, 2.45) is 4.99 Å². The molecule has 6 rings (SSSR count). The maximum atomic E-state index is 14.1. The van der Waals surface area contributed by atoms with Crippen molar-refractivity contribution in [2.45, 2.75) is 13.0 Å². The lowest BCUT2D eigenvalue weighted by atomic mass is 9.93. The van der Waals surface area contributed by atoms with E-state index in [2.05, 4.69) is 0 Å². The molecule has 44 heavy (non-hydrogen) atoms. The lowest BCUT2D eigenvalue weighted by molar-refractivity contribution is -0.140. The number of esters is 1. The van der Waals surface area contributed by atoms with Crippen molar-refractivity contribution >= 4 is 58.3 Å². The van der Waals surface area contributed by atoms with E-state index in [0.717, 1.165) is 11.3 Å². The monoisotopic (exact) mass is 652 g/mol. The highest BCUT2D eigenvalue weighted by molar-refractivity contribution is 7.07. The summed E-state index contributed by atoms with van der Waals surface area (Å²) in [7, 11) is 0. The van der Waals surface area contributed by atoms with Gasteiger partial charge in [0.05, 0.1) is 38.5 Å². The van der Waals surface area contributed by atoms with Crippen LogP contribution in [0.3, 0.4) is 0 Å². The average molecular weight is 653 g/mol. The van der Waals surface area contributed by atoms with Gasteiger partial charge in [-0.15, -0.1) is 0 Å². The summed E-state index contributed by atoms with van der Waals surface area (Å²) in [6, 6.07) is 16.6. The SMILES string of the molecule is CCOC(=O)C1=C(c2ccccc2)N=c2s/c(=C\c3cc(Cl)c(OCC(=O)O)c(Cl)c3)c(=O)n2[C@H]1c1ccc2c(c1)OCO2. The number of ether oxygens (including phenoxy) is 4. The quantitative estimate of drug-likeness (QED) is 0.277. The van der Waals surface area contributed by atoms with E-state index in [1.165, 1.54) is 16.7 Å². The molecule has 0 fully saturated rings. The highest BCUT2D eigenvalue weighted by atomic mass is 35.5. The summed E-state index contributed by atoms with van der Waals surface area (Å²) in [4.78, 5) is 43.8. The van der Waals surface area contributed by atoms with Gasteiger partial charge in [-0.1, -0.05) is 70.9 Å². The van der Waals surface area contributed by atoms with Gasteiger partial charge in [0, 0.05) is 5.56 Å². The van der Waals surface area contributed by atoms with Gasteiger partial charge < -0.3 is 24.1 Å². The van der Waals surface area contributed by atoms with Crippen LogP contribution in [0.5, 0.6) is 17.2 Å². The van der Waals surface area contributed by atoms with Gasteiger partial charge in [0.1, 0.15) is 0 Å². The van der Waals surface area contributed by atoms with Gasteiger partial charge in [-0.25, -0.2) is 14.6 Å². The Bertz CT molecular complexity index is 2000. The first kappa shape index (κ1) is 29.5. The van der Waals surface area contributed by atoms with Crippen molar-refractivity contribution in [3.8, 4) is 17.2 Å². The minimum Gasteiger partial charge on any atom is -0.479 e. The van der Waals surface area contributed by atoms with Crippen LogP contribution in [0.15, 0.2) is 76.0 Å². The number of carbonyl (C=O) groups is 2. The Balaban J connectivity index is 1.57. The smallest absolute Gasteiger partial charge is 0.341 e. The van der Waals surface area contributed by atoms with E-state index in [1.807, 2.05) is 30.3 Å². The molecule has 3 heterocycles. The number of fused-ring (bicyclic) bond motifs is 2. The zero-order valence-corrected chi connectivity index (χ0v) is 25.2. The Morgan fingerprint density at radius 3 is 2.52 bits per heavy atom. The number of carboxylic acids is 1. The van der Waals surface area contributed by atoms with Crippen molar-refractivity contribution in [1.82, 2.24) is 4.57 Å². The van der Waals surface area contributed by atoms with Crippen LogP contribution in [0.4, 0.5) is 0 Å². The fourth-order valence-electron chi connectivity index (χ4n) is 4.92. The first-order valence-corrected chi connectivity index (χ1v) is 14.8. The fourth-order valence-corrected chi connectivity index (χ4v) is 6.54. The summed E-state index contributed by atoms with van der Waals surface area (Å²) in [6.45, 7) is 1.27. The number of carbonyl (C=O) groups excluding carboxylic acids is 1. The predicted octanol–water partition coefficient (Wildman–Crippen LogP) is 4.43. The van der Waals surface area contributed by atoms with Gasteiger partial charge in [0.2, 0.25) is 6.79 Å². The molecule has 0 radical (unpaired) electrons. The van der Waals surface area contributed by atoms with Gasteiger partial charge in [-0.2, -0.15) is 0 Å². The second-order valence-corrected chi connectivity index (χ2v) is 11.4. The van der Waals surface area contributed by atoms with Crippen LogP contribution in [-0.2, 0) is 14.3 Å². The molecule has 10 nitrogen and oxygen atoms in total. The molecule has 0 saturated heterocycles. The molecule has 3 aromatic carbocycles. The van der Waals surface area contributed by atoms with Crippen molar-refractivity contribution in [3.63, 3.8) is 0 Å². The van der Waals surface area contributed by atoms with Crippen LogP contribution in [0.2, 0.25) is 10.0 Å². The van der Waals surface area contributed by atoms with E-state index in [-0.39, 0.29) is 34.8 Å². The molecule has 0 bridgehead atoms. The number of hydrogen-bond donors (Lipinski definition) is 1. The van der Waals surface area contributed by atoms with Gasteiger partial charge in [0.15, 0.2) is 28.7 Å². The number of thiazole rings is 1. The second kappa shape index (κ2) is 12.2. The van der Waals surface area contributed by atoms with Crippen LogP contribution < -0.4 is 29.1 Å². The molecule has 0 aliphatic carbocycles. The number of rotatable bonds is 8. The van der Waals surface area contributed by atoms with Crippen LogP contribution in [-0.4, -0.2) is 41.6 Å². The summed E-state index contributed by atoms with van der Waals surface area (Å²) < 4.78 is 23.5. The van der Waals surface area contributed by atoms with E-state index in [9.17, 15) is 14.4 Å². The maximum Gasteiger partial charge on any atom is 0.341 e. The zero-order chi connectivity index (χ0) is 31.0. The maximum absolute atomic E-state index is 14.1. The molecule has 13 heteroatoms. The Kier molecular flexibility index (Phi) is 8.17. The van der Waals surface area contributed by atoms with Crippen LogP contribution in [0.25, 0.3) is 11.8 Å². The second-order valence-electron chi connectivity index (χ2n) is 9.54. The van der Waals surface area contributed by atoms with Crippen molar-refractivity contribution in [3.05, 3.63) is 113 Å². The van der Waals surface area contributed by atoms with Gasteiger partial charge >= 0.3 is 11.9 Å². The Hall–Kier alpha value is -4.58. The number of aromatic nitrogens is 1. The van der Waals surface area contributed by atoms with Crippen LogP contribution >= 0.6 is 34.5 Å². The summed E-state index contributed by atoms with van der Waals surface area (Å²) >= 11 is 13.8. The molecule has 0 amide bonds. The molecule has 224 valence electrons. The van der Waals surface area contributed by atoms with Crippen LogP contribution in [0.1, 0.15) is 29.7 Å². The summed E-state index contributed by atoms with van der Waals surface area (Å²) in [5.74, 6) is -0.737. The van der Waals surface area contributed by atoms with E-state index < -0.39 is 30.1 Å². The molecule has 0 saturated carbocycles. The Labute approximate surface area is 263 Å². The number of aliphatic carboxylic acids is 1. The minimum atomic E-state index is -1.18. The van der Waals surface area contributed by atoms with Crippen molar-refractivity contribution in [2.75, 3.05) is 20.0 Å². The van der Waals surface area contributed by atoms with E-state index in [1.54, 1.807) is 31.2 Å². The third kappa shape index (κ3) is 5.57. The molecule has 1 atom stereocenters. The average Bonchev–Trinajstić information content (AvgIpc) is 3.59. The van der Waals surface area contributed by atoms with Gasteiger partial charge in [-0.05, 0) is 48.4 Å². The number of hydrogen-bond acceptors (Lipinski definition) is 9. The van der Waals surface area contributed by atoms with E-state index >= 15 is 0 Å². The standard InChI is InChI=1S/C31H22Cl2N2O8S/c1-2-40-30(39)25-26(17-6-4-3-5-7-17)34-31-35(27(25)18-8-9-21-22(13-18)43-15-42-21)29(38)23(44-31)12-16-10-19(32)28(20(33)11-16)41-14-24(36)37/h3-13,27H,2,14-15H2,1H3,(H,36,37)/b23-12-/t27-/m0/s1. The topological polar surface area (TPSA) is 126 Å². The Morgan fingerprint density at radius 2 is 1.82 bits per heavy atom. The number of carboxylic acid groups (broad SMARTS) is 1. The molecule has 1 N–H and O–H groups in total. The van der Waals surface area contributed by atoms with Crippen molar-refractivity contribution in [1.29, 1.82) is 0 Å². The molecular weight excluding hydrogens is 631 g/mol. The highest BCUT2D eigenvalue weighted by Gasteiger charge is 2.36. The lowest BCUT2D eigenvalue weighted by Gasteiger charge is -2.26. The zero-order valence-electron chi connectivity index (χ0n) is 22.9. The molecular formula is C31H22Cl2N2O8S. The molecule has 0 unspecified atom stereocenters. The number of nitrogens with zero attached hydrogens (tertiary/aromatic N) is 2. The summed E-state index contributed by atoms with van der Waals surface area (Å²) in [6.07, 6.45) is 1.59. The molecule has 2 aliphatic heterocycles. The Morgan fingerprint density at radius 1 is 1.09 bits per heavy atom. The minimum absolute atomic E-state index is 0.0173. The normalized spacial score (nSPS) is 15.5. The molecule has 1 aromatic heterocycles. The van der Waals surface area contributed by atoms with Crippen molar-refractivity contribution < 1.29 is 33.6 Å². The number of halogens is 2. The number of benzene rings is 3.